The van der Waals surface area contributed by atoms with Gasteiger partial charge in [0.05, 0.1) is 11.7 Å². The Bertz CT molecular complexity index is 382. The molecule has 0 saturated carbocycles. The maximum atomic E-state index is 4.19. The van der Waals surface area contributed by atoms with E-state index in [2.05, 4.69) is 33.2 Å². The van der Waals surface area contributed by atoms with Crippen LogP contribution in [0.25, 0.3) is 10.9 Å². The minimum absolute atomic E-state index is 0.981. The zero-order valence-electron chi connectivity index (χ0n) is 6.63. The van der Waals surface area contributed by atoms with Crippen molar-refractivity contribution in [3.05, 3.63) is 40.5 Å². The molecule has 0 spiro atoms. The lowest BCUT2D eigenvalue weighted by atomic mass is 10.2. The topological polar surface area (TPSA) is 12.9 Å². The molecule has 0 saturated heterocycles. The maximum Gasteiger partial charge on any atom is 0.0926 e. The van der Waals surface area contributed by atoms with Crippen LogP contribution in [0, 0.1) is 13.1 Å². The lowest BCUT2D eigenvalue weighted by molar-refractivity contribution is 1.31. The van der Waals surface area contributed by atoms with Crippen LogP contribution in [0.4, 0.5) is 0 Å². The third kappa shape index (κ3) is 1.34. The van der Waals surface area contributed by atoms with E-state index >= 15 is 0 Å². The Balaban J connectivity index is 2.79. The number of aromatic nitrogens is 1. The second kappa shape index (κ2) is 2.87. The highest BCUT2D eigenvalue weighted by Crippen LogP contribution is 2.17. The summed E-state index contributed by atoms with van der Waals surface area (Å²) in [5, 5.41) is 1.16. The van der Waals surface area contributed by atoms with E-state index in [-0.39, 0.29) is 0 Å². The van der Waals surface area contributed by atoms with E-state index in [1.807, 2.05) is 25.1 Å². The highest BCUT2D eigenvalue weighted by atomic mass is 79.9. The van der Waals surface area contributed by atoms with E-state index in [0.29, 0.717) is 0 Å². The van der Waals surface area contributed by atoms with Crippen LogP contribution in [0.15, 0.2) is 28.7 Å². The molecule has 2 rings (SSSR count). The van der Waals surface area contributed by atoms with Crippen molar-refractivity contribution >= 4 is 26.8 Å². The number of aryl methyl sites for hydroxylation is 1. The minimum Gasteiger partial charge on any atom is -0.246 e. The van der Waals surface area contributed by atoms with Crippen LogP contribution >= 0.6 is 15.9 Å². The average molecular weight is 221 g/mol. The van der Waals surface area contributed by atoms with Gasteiger partial charge in [-0.25, -0.2) is 4.98 Å². The molecule has 1 radical (unpaired) electrons. The molecule has 0 amide bonds. The van der Waals surface area contributed by atoms with Crippen LogP contribution in [0.1, 0.15) is 5.56 Å². The fourth-order valence-electron chi connectivity index (χ4n) is 1.15. The van der Waals surface area contributed by atoms with E-state index in [0.717, 1.165) is 20.9 Å². The number of nitrogens with zero attached hydrogens (tertiary/aromatic N) is 1. The van der Waals surface area contributed by atoms with Gasteiger partial charge >= 0.3 is 0 Å². The standard InChI is InChI=1S/C10H7BrN/c1-7-4-8-2-3-9(11)5-10(8)12-6-7/h2-5H,1H3. The monoisotopic (exact) mass is 220 g/mol. The first-order valence-corrected chi connectivity index (χ1v) is 4.49. The quantitative estimate of drug-likeness (QED) is 0.666. The Morgan fingerprint density at radius 3 is 3.00 bits per heavy atom. The molecular formula is C10H7BrN. The first-order valence-electron chi connectivity index (χ1n) is 3.70. The van der Waals surface area contributed by atoms with Crippen LogP contribution in [0.2, 0.25) is 0 Å². The number of halogens is 1. The van der Waals surface area contributed by atoms with Crippen LogP contribution in [0.3, 0.4) is 0 Å². The average Bonchev–Trinajstić information content (AvgIpc) is 2.05. The maximum absolute atomic E-state index is 4.19. The zero-order chi connectivity index (χ0) is 8.55. The van der Waals surface area contributed by atoms with Gasteiger partial charge in [-0.05, 0) is 30.7 Å². The van der Waals surface area contributed by atoms with Gasteiger partial charge in [0.2, 0.25) is 0 Å². The second-order valence-corrected chi connectivity index (χ2v) is 3.67. The number of hydrogen-bond acceptors (Lipinski definition) is 1. The molecule has 0 aliphatic carbocycles. The molecule has 2 aromatic rings. The van der Waals surface area contributed by atoms with Crippen molar-refractivity contribution < 1.29 is 0 Å². The lowest BCUT2D eigenvalue weighted by Crippen LogP contribution is -1.80. The lowest BCUT2D eigenvalue weighted by Gasteiger charge is -1.97. The van der Waals surface area contributed by atoms with Gasteiger partial charge in [0.25, 0.3) is 0 Å². The van der Waals surface area contributed by atoms with Gasteiger partial charge in [0.1, 0.15) is 0 Å². The van der Waals surface area contributed by atoms with Crippen molar-refractivity contribution in [1.29, 1.82) is 0 Å². The number of fused-ring (bicyclic) bond motifs is 1. The molecule has 59 valence electrons. The van der Waals surface area contributed by atoms with E-state index in [4.69, 9.17) is 0 Å². The molecule has 0 unspecified atom stereocenters. The Kier molecular flexibility index (Phi) is 1.85. The fourth-order valence-corrected chi connectivity index (χ4v) is 1.50. The molecule has 12 heavy (non-hydrogen) atoms. The van der Waals surface area contributed by atoms with E-state index < -0.39 is 0 Å². The smallest absolute Gasteiger partial charge is 0.0926 e. The third-order valence-corrected chi connectivity index (χ3v) is 2.21. The summed E-state index contributed by atoms with van der Waals surface area (Å²) >= 11 is 3.40. The molecule has 0 N–H and O–H groups in total. The van der Waals surface area contributed by atoms with Crippen molar-refractivity contribution in [2.75, 3.05) is 0 Å². The molecule has 0 fully saturated rings. The molecule has 1 aromatic heterocycles. The summed E-state index contributed by atoms with van der Waals surface area (Å²) in [6.45, 7) is 1.99. The van der Waals surface area contributed by atoms with Crippen molar-refractivity contribution in [3.8, 4) is 0 Å². The predicted molar refractivity (Wildman–Crippen MR) is 53.0 cm³/mol. The van der Waals surface area contributed by atoms with Crippen molar-refractivity contribution in [2.24, 2.45) is 0 Å². The SMILES string of the molecule is Cc1[c]nc2cc(Br)ccc2c1. The van der Waals surface area contributed by atoms with Gasteiger partial charge in [-0.15, -0.1) is 0 Å². The number of hydrogen-bond donors (Lipinski definition) is 0. The van der Waals surface area contributed by atoms with Crippen LogP contribution < -0.4 is 0 Å². The molecule has 1 nitrogen and oxygen atoms in total. The largest absolute Gasteiger partial charge is 0.246 e. The summed E-state index contributed by atoms with van der Waals surface area (Å²) < 4.78 is 1.06. The number of rotatable bonds is 0. The molecule has 0 aliphatic heterocycles. The zero-order valence-corrected chi connectivity index (χ0v) is 8.22. The highest BCUT2D eigenvalue weighted by Gasteiger charge is 1.95. The Morgan fingerprint density at radius 2 is 2.17 bits per heavy atom. The Hall–Kier alpha value is -0.890. The summed E-state index contributed by atoms with van der Waals surface area (Å²) in [4.78, 5) is 4.19. The van der Waals surface area contributed by atoms with Gasteiger partial charge in [-0.1, -0.05) is 22.0 Å². The van der Waals surface area contributed by atoms with Crippen LogP contribution in [-0.2, 0) is 0 Å². The first-order chi connectivity index (χ1) is 5.75. The first kappa shape index (κ1) is 7.74. The Labute approximate surface area is 79.6 Å². The van der Waals surface area contributed by atoms with Crippen molar-refractivity contribution in [2.45, 2.75) is 6.92 Å². The third-order valence-electron chi connectivity index (χ3n) is 1.72. The molecule has 0 bridgehead atoms. The minimum atomic E-state index is 0.981. The molecular weight excluding hydrogens is 214 g/mol. The van der Waals surface area contributed by atoms with Gasteiger partial charge < -0.3 is 0 Å². The summed E-state index contributed by atoms with van der Waals surface area (Å²) in [6.07, 6.45) is 2.93. The summed E-state index contributed by atoms with van der Waals surface area (Å²) in [5.74, 6) is 0. The van der Waals surface area contributed by atoms with Crippen LogP contribution in [-0.4, -0.2) is 4.98 Å². The number of pyridine rings is 1. The van der Waals surface area contributed by atoms with E-state index in [1.165, 1.54) is 0 Å². The van der Waals surface area contributed by atoms with Gasteiger partial charge in [0.15, 0.2) is 0 Å². The summed E-state index contributed by atoms with van der Waals surface area (Å²) in [5.41, 5.74) is 2.06. The van der Waals surface area contributed by atoms with Gasteiger partial charge in [0, 0.05) is 9.86 Å². The molecule has 1 heterocycles. The second-order valence-electron chi connectivity index (χ2n) is 2.75. The normalized spacial score (nSPS) is 10.5. The highest BCUT2D eigenvalue weighted by molar-refractivity contribution is 9.10. The van der Waals surface area contributed by atoms with E-state index in [1.54, 1.807) is 0 Å². The van der Waals surface area contributed by atoms with Gasteiger partial charge in [-0.3, -0.25) is 0 Å². The Morgan fingerprint density at radius 1 is 1.33 bits per heavy atom. The number of benzene rings is 1. The fraction of sp³-hybridized carbons (Fsp3) is 0.100. The van der Waals surface area contributed by atoms with Crippen molar-refractivity contribution in [3.63, 3.8) is 0 Å². The van der Waals surface area contributed by atoms with Gasteiger partial charge in [-0.2, -0.15) is 0 Å². The molecule has 2 heteroatoms. The van der Waals surface area contributed by atoms with Crippen molar-refractivity contribution in [1.82, 2.24) is 4.98 Å². The van der Waals surface area contributed by atoms with Crippen LogP contribution in [0.5, 0.6) is 0 Å². The predicted octanol–water partition coefficient (Wildman–Crippen LogP) is 3.11. The van der Waals surface area contributed by atoms with E-state index in [9.17, 15) is 0 Å². The molecule has 1 aromatic carbocycles. The summed E-state index contributed by atoms with van der Waals surface area (Å²) in [6, 6.07) is 8.14. The summed E-state index contributed by atoms with van der Waals surface area (Å²) in [7, 11) is 0. The molecule has 0 atom stereocenters. The molecule has 0 aliphatic rings.